The number of carbonyl (C=O) groups is 6. The van der Waals surface area contributed by atoms with Crippen molar-refractivity contribution in [2.75, 3.05) is 81.5 Å². The predicted octanol–water partition coefficient (Wildman–Crippen LogP) is 4.73. The summed E-state index contributed by atoms with van der Waals surface area (Å²) < 4.78 is 6.82. The maximum Gasteiger partial charge on any atom is 0.326 e. The number of unbranched alkanes of at least 4 members (excludes halogenated alkanes) is 12. The molecule has 22 nitrogen and oxygen atoms in total. The van der Waals surface area contributed by atoms with Gasteiger partial charge in [0.05, 0.1) is 19.1 Å². The third-order valence-corrected chi connectivity index (χ3v) is 13.5. The first-order valence-electron chi connectivity index (χ1n) is 27.6. The van der Waals surface area contributed by atoms with Gasteiger partial charge in [-0.2, -0.15) is 26.7 Å². The zero-order valence-electron chi connectivity index (χ0n) is 45.2. The number of aromatic hydroxyl groups is 1. The Bertz CT molecular complexity index is 2170. The number of fused-ring (bicyclic) bond motifs is 1. The number of amides is 4. The molecule has 0 saturated carbocycles. The molecule has 23 heteroatoms. The number of nitrogens with two attached hydrogens (primary N) is 2. The minimum absolute atomic E-state index is 0.0668. The second-order valence-electron chi connectivity index (χ2n) is 19.0. The van der Waals surface area contributed by atoms with Gasteiger partial charge in [0.1, 0.15) is 12.6 Å². The van der Waals surface area contributed by atoms with Crippen LogP contribution in [0.1, 0.15) is 158 Å². The van der Waals surface area contributed by atoms with Crippen LogP contribution in [-0.4, -0.2) is 148 Å². The van der Waals surface area contributed by atoms with Crippen LogP contribution in [0.3, 0.4) is 0 Å². The number of ether oxygens (including phenoxy) is 1. The molecule has 3 rings (SSSR count). The van der Waals surface area contributed by atoms with Crippen LogP contribution >= 0.6 is 11.8 Å². The van der Waals surface area contributed by atoms with E-state index in [4.69, 9.17) is 16.2 Å². The Balaban J connectivity index is 1.12. The lowest BCUT2D eigenvalue weighted by Crippen LogP contribution is -2.49. The first-order chi connectivity index (χ1) is 36.8. The summed E-state index contributed by atoms with van der Waals surface area (Å²) in [5.41, 5.74) is 13.9. The maximum absolute atomic E-state index is 12.7. The fraction of sp³-hybridized carbons (Fsp3) is 0.679. The van der Waals surface area contributed by atoms with Crippen LogP contribution in [0.15, 0.2) is 24.3 Å². The molecule has 2 heterocycles. The summed E-state index contributed by atoms with van der Waals surface area (Å²) in [6.07, 6.45) is 18.9. The van der Waals surface area contributed by atoms with E-state index in [9.17, 15) is 39.0 Å². The van der Waals surface area contributed by atoms with Crippen molar-refractivity contribution in [3.05, 3.63) is 35.4 Å². The van der Waals surface area contributed by atoms with E-state index in [1.807, 2.05) is 0 Å². The molecule has 76 heavy (non-hydrogen) atoms. The van der Waals surface area contributed by atoms with Crippen LogP contribution < -0.4 is 48.7 Å². The number of esters is 1. The summed E-state index contributed by atoms with van der Waals surface area (Å²) in [5.74, 6) is -1.86. The fourth-order valence-electron chi connectivity index (χ4n) is 7.92. The standard InChI is InChI=1S/C53H89N13O9S/c1-3-5-7-8-9-10-11-12-13-14-15-20-45(69)75-34-35-76-38-41(54)50(71)62-42(51(72)73)25-26-43(67)58-32-18-29-56-27-16-17-28-57-30-19-33-59-44(68)36-61-49(70)40-23-21-39(22-24-40)37-66-48-46(63-53(66)74)47(55)64-52(65-48)60-31-6-4-2/h21-24,41-42,56-57H,3-20,25-38,54H2,1-2H3,(H,58,67)(H,59,68)(H,61,70)(H,62,71)(H,63,74)(H,72,73)(H3,55,60,64,65)/t41-,42?/m0/s1. The predicted molar refractivity (Wildman–Crippen MR) is 299 cm³/mol. The number of carboxylic acids is 1. The van der Waals surface area contributed by atoms with Crippen molar-refractivity contribution < 1.29 is 43.7 Å². The fourth-order valence-corrected chi connectivity index (χ4v) is 8.69. The van der Waals surface area contributed by atoms with Crippen LogP contribution in [0.5, 0.6) is 6.01 Å². The minimum atomic E-state index is -1.25. The number of aromatic nitrogens is 4. The van der Waals surface area contributed by atoms with E-state index in [2.05, 4.69) is 66.0 Å². The Morgan fingerprint density at radius 3 is 1.93 bits per heavy atom. The molecule has 0 aliphatic rings. The maximum atomic E-state index is 12.7. The lowest BCUT2D eigenvalue weighted by Gasteiger charge is -2.17. The number of rotatable bonds is 45. The van der Waals surface area contributed by atoms with E-state index in [0.717, 1.165) is 76.6 Å². The van der Waals surface area contributed by atoms with E-state index in [0.29, 0.717) is 67.4 Å². The number of nitrogens with zero attached hydrogens (tertiary/aromatic N) is 4. The summed E-state index contributed by atoms with van der Waals surface area (Å²) >= 11 is 1.35. The minimum Gasteiger partial charge on any atom is -0.480 e. The van der Waals surface area contributed by atoms with Crippen molar-refractivity contribution in [1.82, 2.24) is 51.4 Å². The van der Waals surface area contributed by atoms with Gasteiger partial charge in [-0.15, -0.1) is 0 Å². The number of thioether (sulfide) groups is 1. The van der Waals surface area contributed by atoms with E-state index < -0.39 is 24.0 Å². The highest BCUT2D eigenvalue weighted by Gasteiger charge is 2.24. The Hall–Kier alpha value is -5.78. The van der Waals surface area contributed by atoms with Gasteiger partial charge in [-0.25, -0.2) is 4.79 Å². The topological polar surface area (TPSA) is 332 Å². The Labute approximate surface area is 453 Å². The van der Waals surface area contributed by atoms with Gasteiger partial charge in [-0.05, 0) is 88.8 Å². The second kappa shape index (κ2) is 39.6. The number of imidazole rings is 1. The summed E-state index contributed by atoms with van der Waals surface area (Å²) in [7, 11) is 0. The molecule has 0 saturated heterocycles. The summed E-state index contributed by atoms with van der Waals surface area (Å²) in [6.45, 7) is 9.23. The van der Waals surface area contributed by atoms with Crippen LogP contribution in [-0.2, 0) is 35.3 Å². The number of nitrogens with one attached hydrogen (secondary N) is 7. The molecular weight excluding hydrogens is 995 g/mol. The number of carbonyl (C=O) groups excluding carboxylic acids is 5. The van der Waals surface area contributed by atoms with Crippen molar-refractivity contribution in [3.63, 3.8) is 0 Å². The zero-order valence-corrected chi connectivity index (χ0v) is 46.0. The molecule has 0 radical (unpaired) electrons. The van der Waals surface area contributed by atoms with Gasteiger partial charge in [0, 0.05) is 49.5 Å². The number of aliphatic carboxylic acids is 1. The highest BCUT2D eigenvalue weighted by molar-refractivity contribution is 7.99. The molecular formula is C53H89N13O9S. The van der Waals surface area contributed by atoms with Crippen LogP contribution in [0.4, 0.5) is 11.8 Å². The number of carboxylic acid groups (broad SMARTS) is 1. The van der Waals surface area contributed by atoms with Gasteiger partial charge in [0.2, 0.25) is 23.7 Å². The number of nitrogen functional groups attached to an aromatic ring is 1. The molecule has 4 amide bonds. The Morgan fingerprint density at radius 1 is 0.697 bits per heavy atom. The van der Waals surface area contributed by atoms with Gasteiger partial charge < -0.3 is 63.6 Å². The van der Waals surface area contributed by atoms with Crippen molar-refractivity contribution in [2.45, 2.75) is 161 Å². The third-order valence-electron chi connectivity index (χ3n) is 12.4. The van der Waals surface area contributed by atoms with Crippen molar-refractivity contribution in [1.29, 1.82) is 0 Å². The summed E-state index contributed by atoms with van der Waals surface area (Å²) in [4.78, 5) is 86.8. The second-order valence-corrected chi connectivity index (χ2v) is 20.2. The monoisotopic (exact) mass is 1080 g/mol. The van der Waals surface area contributed by atoms with Crippen molar-refractivity contribution >= 4 is 70.3 Å². The zero-order chi connectivity index (χ0) is 55.2. The number of hydrogen-bond donors (Lipinski definition) is 11. The molecule has 1 aromatic carbocycles. The van der Waals surface area contributed by atoms with E-state index in [1.165, 1.54) is 67.7 Å². The molecule has 426 valence electrons. The normalized spacial score (nSPS) is 12.0. The largest absolute Gasteiger partial charge is 0.480 e. The summed E-state index contributed by atoms with van der Waals surface area (Å²) in [6, 6.07) is 4.34. The third kappa shape index (κ3) is 27.8. The number of anilines is 2. The van der Waals surface area contributed by atoms with Crippen molar-refractivity contribution in [2.24, 2.45) is 5.73 Å². The van der Waals surface area contributed by atoms with Crippen LogP contribution in [0.2, 0.25) is 0 Å². The average molecular weight is 1080 g/mol. The quantitative estimate of drug-likeness (QED) is 0.0269. The lowest BCUT2D eigenvalue weighted by molar-refractivity contribution is -0.143. The van der Waals surface area contributed by atoms with E-state index in [-0.39, 0.29) is 73.8 Å². The first kappa shape index (κ1) is 64.5. The Kier molecular flexibility index (Phi) is 33.6. The summed E-state index contributed by atoms with van der Waals surface area (Å²) in [5, 5.41) is 40.7. The molecule has 0 spiro atoms. The number of benzene rings is 1. The van der Waals surface area contributed by atoms with Crippen LogP contribution in [0.25, 0.3) is 11.2 Å². The van der Waals surface area contributed by atoms with Gasteiger partial charge in [0.25, 0.3) is 11.9 Å². The molecule has 3 aromatic rings. The highest BCUT2D eigenvalue weighted by Crippen LogP contribution is 2.25. The smallest absolute Gasteiger partial charge is 0.326 e. The lowest BCUT2D eigenvalue weighted by atomic mass is 10.1. The number of hydrogen-bond acceptors (Lipinski definition) is 17. The average Bonchev–Trinajstić information content (AvgIpc) is 3.72. The van der Waals surface area contributed by atoms with Gasteiger partial charge >= 0.3 is 11.9 Å². The molecule has 13 N–H and O–H groups in total. The molecule has 0 fully saturated rings. The first-order valence-corrected chi connectivity index (χ1v) is 28.8. The van der Waals surface area contributed by atoms with E-state index in [1.54, 1.807) is 24.3 Å². The molecule has 2 aromatic heterocycles. The molecule has 2 atom stereocenters. The van der Waals surface area contributed by atoms with E-state index >= 15 is 0 Å². The molecule has 1 unspecified atom stereocenters. The van der Waals surface area contributed by atoms with Crippen LogP contribution in [0, 0.1) is 0 Å². The van der Waals surface area contributed by atoms with Gasteiger partial charge in [-0.3, -0.25) is 28.5 Å². The van der Waals surface area contributed by atoms with Crippen molar-refractivity contribution in [3.8, 4) is 6.01 Å². The molecule has 0 aliphatic carbocycles. The Morgan fingerprint density at radius 2 is 1.30 bits per heavy atom. The molecule has 0 aliphatic heterocycles. The highest BCUT2D eigenvalue weighted by atomic mass is 32.2. The SMILES string of the molecule is CCCCCCCCCCCCCC(=O)OCCSC[C@H](N)C(=O)NC(CCC(=O)NCCCNCCCCNCCCNC(=O)CNC(=O)c1ccc(Cn2c(O)nc3c(N)nc(NCCCC)nc32)cc1)C(=O)O. The molecule has 0 bridgehead atoms. The van der Waals surface area contributed by atoms with Gasteiger partial charge in [0.15, 0.2) is 17.0 Å². The van der Waals surface area contributed by atoms with Gasteiger partial charge in [-0.1, -0.05) is 96.6 Å².